The molecule has 2 aromatic rings. The van der Waals surface area contributed by atoms with Crippen LogP contribution in [0.5, 0.6) is 5.75 Å². The average Bonchev–Trinajstić information content (AvgIpc) is 2.69. The smallest absolute Gasteiger partial charge is 0.422 e. The molecule has 1 amide bonds. The Balaban J connectivity index is 2.37. The highest BCUT2D eigenvalue weighted by Gasteiger charge is 2.75. The second kappa shape index (κ2) is 7.13. The number of aryl methyl sites for hydroxylation is 1. The van der Waals surface area contributed by atoms with E-state index in [-0.39, 0.29) is 11.3 Å². The first-order valence-electron chi connectivity index (χ1n) is 8.63. The highest BCUT2D eigenvalue weighted by atomic mass is 19.4. The van der Waals surface area contributed by atoms with Gasteiger partial charge in [-0.05, 0) is 30.2 Å². The van der Waals surface area contributed by atoms with E-state index in [0.29, 0.717) is 5.56 Å². The molecule has 1 aliphatic heterocycles. The first-order chi connectivity index (χ1) is 14.0. The zero-order valence-electron chi connectivity index (χ0n) is 15.8. The van der Waals surface area contributed by atoms with Gasteiger partial charge in [0, 0.05) is 0 Å². The van der Waals surface area contributed by atoms with Crippen LogP contribution in [0, 0.1) is 18.3 Å². The van der Waals surface area contributed by atoms with E-state index < -0.39 is 40.3 Å². The van der Waals surface area contributed by atoms with Crippen molar-refractivity contribution in [1.29, 1.82) is 5.26 Å². The van der Waals surface area contributed by atoms with Crippen molar-refractivity contribution in [2.75, 3.05) is 7.11 Å². The topological polar surface area (TPSA) is 62.1 Å². The third-order valence-electron chi connectivity index (χ3n) is 4.96. The summed E-state index contributed by atoms with van der Waals surface area (Å²) in [5.41, 5.74) is -7.00. The predicted octanol–water partition coefficient (Wildman–Crippen LogP) is 4.50. The number of nitriles is 1. The molecule has 2 aromatic carbocycles. The number of alkyl halides is 5. The number of methoxy groups -OCH3 is 1. The van der Waals surface area contributed by atoms with Crippen LogP contribution in [-0.4, -0.2) is 25.1 Å². The molecule has 0 spiro atoms. The summed E-state index contributed by atoms with van der Waals surface area (Å²) in [6, 6.07) is 10.2. The third kappa shape index (κ3) is 3.00. The minimum atomic E-state index is -5.60. The van der Waals surface area contributed by atoms with E-state index in [9.17, 15) is 23.2 Å². The number of hydrogen-bond acceptors (Lipinski definition) is 3. The third-order valence-corrected chi connectivity index (χ3v) is 4.96. The molecule has 1 unspecified atom stereocenters. The normalized spacial score (nSPS) is 21.1. The predicted molar refractivity (Wildman–Crippen MR) is 97.5 cm³/mol. The SMILES string of the molecule is COc1ccc(C2(C(F)(F)F)NC(=O)C(C#N)=C(c3ccc(C)cc3)C2(F)F)cc1. The average molecular weight is 422 g/mol. The van der Waals surface area contributed by atoms with Crippen LogP contribution < -0.4 is 10.1 Å². The molecule has 9 heteroatoms. The Labute approximate surface area is 168 Å². The fourth-order valence-corrected chi connectivity index (χ4v) is 3.43. The van der Waals surface area contributed by atoms with Crippen molar-refractivity contribution in [3.05, 3.63) is 70.8 Å². The molecule has 30 heavy (non-hydrogen) atoms. The van der Waals surface area contributed by atoms with Crippen molar-refractivity contribution in [3.8, 4) is 11.8 Å². The van der Waals surface area contributed by atoms with Crippen LogP contribution in [0.1, 0.15) is 16.7 Å². The molecular formula is C21H15F5N2O2. The summed E-state index contributed by atoms with van der Waals surface area (Å²) in [6.07, 6.45) is -5.60. The Morgan fingerprint density at radius 3 is 2.07 bits per heavy atom. The molecule has 156 valence electrons. The van der Waals surface area contributed by atoms with E-state index in [1.165, 1.54) is 30.6 Å². The summed E-state index contributed by atoms with van der Waals surface area (Å²) >= 11 is 0. The maximum absolute atomic E-state index is 15.8. The van der Waals surface area contributed by atoms with Gasteiger partial charge in [-0.3, -0.25) is 4.79 Å². The summed E-state index contributed by atoms with van der Waals surface area (Å²) in [7, 11) is 1.27. The maximum atomic E-state index is 15.8. The van der Waals surface area contributed by atoms with Crippen molar-refractivity contribution in [2.45, 2.75) is 24.6 Å². The molecule has 0 radical (unpaired) electrons. The molecule has 3 rings (SSSR count). The van der Waals surface area contributed by atoms with Crippen LogP contribution in [0.4, 0.5) is 22.0 Å². The lowest BCUT2D eigenvalue weighted by molar-refractivity contribution is -0.255. The van der Waals surface area contributed by atoms with Gasteiger partial charge >= 0.3 is 12.1 Å². The van der Waals surface area contributed by atoms with Crippen LogP contribution >= 0.6 is 0 Å². The summed E-state index contributed by atoms with van der Waals surface area (Å²) in [6.45, 7) is 1.66. The number of ether oxygens (including phenoxy) is 1. The van der Waals surface area contributed by atoms with Gasteiger partial charge in [0.15, 0.2) is 0 Å². The molecule has 4 nitrogen and oxygen atoms in total. The fraction of sp³-hybridized carbons (Fsp3) is 0.238. The van der Waals surface area contributed by atoms with Crippen LogP contribution in [0.3, 0.4) is 0 Å². The van der Waals surface area contributed by atoms with Gasteiger partial charge in [0.2, 0.25) is 5.54 Å². The summed E-state index contributed by atoms with van der Waals surface area (Å²) in [5, 5.41) is 10.7. The van der Waals surface area contributed by atoms with E-state index >= 15 is 8.78 Å². The first-order valence-corrected chi connectivity index (χ1v) is 8.63. The number of amides is 1. The van der Waals surface area contributed by atoms with Crippen LogP contribution in [0.25, 0.3) is 5.57 Å². The lowest BCUT2D eigenvalue weighted by atomic mass is 9.73. The van der Waals surface area contributed by atoms with E-state index in [2.05, 4.69) is 0 Å². The zero-order valence-corrected chi connectivity index (χ0v) is 15.8. The molecule has 0 aromatic heterocycles. The molecule has 0 saturated heterocycles. The second-order valence-corrected chi connectivity index (χ2v) is 6.73. The van der Waals surface area contributed by atoms with Crippen molar-refractivity contribution >= 4 is 11.5 Å². The standard InChI is InChI=1S/C21H15F5N2O2/c1-12-3-5-13(6-4-12)17-16(11-27)18(29)28-19(20(17,22)23,21(24,25)26)14-7-9-15(30-2)10-8-14/h3-10H,1-2H3,(H,28,29). The van der Waals surface area contributed by atoms with Gasteiger partial charge in [0.1, 0.15) is 17.4 Å². The zero-order chi connectivity index (χ0) is 22.3. The van der Waals surface area contributed by atoms with Crippen molar-refractivity contribution in [2.24, 2.45) is 0 Å². The maximum Gasteiger partial charge on any atom is 0.422 e. The lowest BCUT2D eigenvalue weighted by Gasteiger charge is -2.46. The van der Waals surface area contributed by atoms with Crippen LogP contribution in [0.2, 0.25) is 0 Å². The van der Waals surface area contributed by atoms with Crippen LogP contribution in [0.15, 0.2) is 54.1 Å². The monoisotopic (exact) mass is 422 g/mol. The van der Waals surface area contributed by atoms with Gasteiger partial charge in [0.05, 0.1) is 12.7 Å². The summed E-state index contributed by atoms with van der Waals surface area (Å²) < 4.78 is 79.3. The summed E-state index contributed by atoms with van der Waals surface area (Å²) in [4.78, 5) is 12.5. The van der Waals surface area contributed by atoms with Gasteiger partial charge in [-0.15, -0.1) is 0 Å². The number of hydrogen-bond donors (Lipinski definition) is 1. The lowest BCUT2D eigenvalue weighted by Crippen LogP contribution is -2.69. The van der Waals surface area contributed by atoms with Gasteiger partial charge in [-0.1, -0.05) is 42.0 Å². The number of carbonyl (C=O) groups excluding carboxylic acids is 1. The second-order valence-electron chi connectivity index (χ2n) is 6.73. The van der Waals surface area contributed by atoms with E-state index in [1.54, 1.807) is 6.92 Å². The van der Waals surface area contributed by atoms with E-state index in [0.717, 1.165) is 36.4 Å². The van der Waals surface area contributed by atoms with Crippen molar-refractivity contribution in [1.82, 2.24) is 5.32 Å². The number of carbonyl (C=O) groups is 1. The van der Waals surface area contributed by atoms with Gasteiger partial charge < -0.3 is 10.1 Å². The van der Waals surface area contributed by atoms with E-state index in [1.807, 2.05) is 0 Å². The van der Waals surface area contributed by atoms with Gasteiger partial charge in [-0.25, -0.2) is 0 Å². The Kier molecular flexibility index (Phi) is 5.06. The number of benzene rings is 2. The Morgan fingerprint density at radius 2 is 1.60 bits per heavy atom. The van der Waals surface area contributed by atoms with Gasteiger partial charge in [0.25, 0.3) is 5.91 Å². The van der Waals surface area contributed by atoms with Crippen molar-refractivity contribution in [3.63, 3.8) is 0 Å². The highest BCUT2D eigenvalue weighted by molar-refractivity contribution is 6.09. The Bertz CT molecular complexity index is 1050. The molecule has 1 heterocycles. The number of nitrogens with one attached hydrogen (secondary N) is 1. The first kappa shape index (κ1) is 21.3. The molecular weight excluding hydrogens is 407 g/mol. The minimum Gasteiger partial charge on any atom is -0.497 e. The molecule has 1 atom stereocenters. The molecule has 0 bridgehead atoms. The minimum absolute atomic E-state index is 0.147. The van der Waals surface area contributed by atoms with E-state index in [4.69, 9.17) is 4.74 Å². The molecule has 1 N–H and O–H groups in total. The molecule has 0 aliphatic carbocycles. The largest absolute Gasteiger partial charge is 0.497 e. The molecule has 1 aliphatic rings. The highest BCUT2D eigenvalue weighted by Crippen LogP contribution is 2.57. The Hall–Kier alpha value is -3.41. The fourth-order valence-electron chi connectivity index (χ4n) is 3.43. The number of nitrogens with zero attached hydrogens (tertiary/aromatic N) is 1. The van der Waals surface area contributed by atoms with Crippen LogP contribution in [-0.2, 0) is 10.3 Å². The van der Waals surface area contributed by atoms with Crippen molar-refractivity contribution < 1.29 is 31.5 Å². The molecule has 0 fully saturated rings. The molecule has 0 saturated carbocycles. The quantitative estimate of drug-likeness (QED) is 0.741. The van der Waals surface area contributed by atoms with Gasteiger partial charge in [-0.2, -0.15) is 27.2 Å². The number of rotatable bonds is 3. The summed E-state index contributed by atoms with van der Waals surface area (Å²) in [5.74, 6) is -6.09. The number of halogens is 5. The Morgan fingerprint density at radius 1 is 1.03 bits per heavy atom.